The van der Waals surface area contributed by atoms with E-state index in [9.17, 15) is 28.8 Å². The van der Waals surface area contributed by atoms with Crippen molar-refractivity contribution in [2.24, 2.45) is 0 Å². The summed E-state index contributed by atoms with van der Waals surface area (Å²) in [7, 11) is 3.25. The van der Waals surface area contributed by atoms with Gasteiger partial charge in [0.1, 0.15) is 11.2 Å². The van der Waals surface area contributed by atoms with Crippen molar-refractivity contribution in [3.8, 4) is 23.7 Å². The molecular formula is C42H46N4O8. The smallest absolute Gasteiger partial charge is 0.412 e. The second-order valence-electron chi connectivity index (χ2n) is 14.3. The average Bonchev–Trinajstić information content (AvgIpc) is 3.08. The van der Waals surface area contributed by atoms with Gasteiger partial charge in [-0.2, -0.15) is 0 Å². The Bertz CT molecular complexity index is 1820. The molecule has 2 N–H and O–H groups in total. The van der Waals surface area contributed by atoms with E-state index >= 15 is 0 Å². The zero-order valence-electron chi connectivity index (χ0n) is 31.9. The van der Waals surface area contributed by atoms with E-state index in [1.165, 1.54) is 34.1 Å². The first-order valence-corrected chi connectivity index (χ1v) is 17.1. The summed E-state index contributed by atoms with van der Waals surface area (Å²) in [4.78, 5) is 77.2. The minimum atomic E-state index is -0.615. The van der Waals surface area contributed by atoms with Crippen molar-refractivity contribution in [1.82, 2.24) is 9.80 Å². The van der Waals surface area contributed by atoms with Crippen LogP contribution in [0.1, 0.15) is 86.2 Å². The van der Waals surface area contributed by atoms with Crippen molar-refractivity contribution in [2.45, 2.75) is 78.7 Å². The van der Waals surface area contributed by atoms with Crippen LogP contribution in [0, 0.1) is 23.7 Å². The van der Waals surface area contributed by atoms with Crippen LogP contribution in [0.3, 0.4) is 0 Å². The predicted octanol–water partition coefficient (Wildman–Crippen LogP) is 6.85. The minimum absolute atomic E-state index is 0.166. The lowest BCUT2D eigenvalue weighted by Crippen LogP contribution is -2.27. The molecule has 0 bridgehead atoms. The number of carbonyl (C=O) groups excluding carboxylic acids is 6. The van der Waals surface area contributed by atoms with Crippen LogP contribution in [0.2, 0.25) is 0 Å². The number of rotatable bonds is 10. The van der Waals surface area contributed by atoms with Crippen molar-refractivity contribution in [1.29, 1.82) is 0 Å². The van der Waals surface area contributed by atoms with Gasteiger partial charge in [0.15, 0.2) is 0 Å². The van der Waals surface area contributed by atoms with E-state index in [4.69, 9.17) is 9.47 Å². The molecule has 0 saturated carbocycles. The molecule has 3 aromatic rings. The highest BCUT2D eigenvalue weighted by Crippen LogP contribution is 2.16. The lowest BCUT2D eigenvalue weighted by molar-refractivity contribution is -0.130. The van der Waals surface area contributed by atoms with Gasteiger partial charge in [0.2, 0.25) is 23.4 Å². The van der Waals surface area contributed by atoms with Gasteiger partial charge in [-0.3, -0.25) is 29.8 Å². The Morgan fingerprint density at radius 3 is 1.15 bits per heavy atom. The Labute approximate surface area is 316 Å². The molecule has 0 fully saturated rings. The number of hydrogen-bond acceptors (Lipinski definition) is 8. The first kappa shape index (κ1) is 42.0. The molecule has 3 aromatic carbocycles. The minimum Gasteiger partial charge on any atom is -0.444 e. The maximum absolute atomic E-state index is 12.6. The van der Waals surface area contributed by atoms with E-state index < -0.39 is 35.0 Å². The van der Waals surface area contributed by atoms with Crippen molar-refractivity contribution >= 4 is 46.9 Å². The van der Waals surface area contributed by atoms with Crippen LogP contribution in [-0.2, 0) is 32.2 Å². The molecule has 0 aliphatic heterocycles. The SMILES string of the molecule is CN(Cc1ccc(NC(=O)OC(C)(C)C)cc1)C(=O)CC#CC(=O)c1ccc(C(=O)C#CCC(=O)N(C)Cc2ccc(NC(=O)OC(C)(C)C)cc2)cc1. The van der Waals surface area contributed by atoms with Gasteiger partial charge in [-0.25, -0.2) is 9.59 Å². The Morgan fingerprint density at radius 1 is 0.537 bits per heavy atom. The van der Waals surface area contributed by atoms with Gasteiger partial charge < -0.3 is 19.3 Å². The first-order chi connectivity index (χ1) is 25.3. The Kier molecular flexibility index (Phi) is 14.7. The standard InChI is InChI=1S/C42H46N4O8/c1-41(2,3)53-39(51)43-33-23-15-29(16-24-33)27-45(7)37(49)13-9-11-35(47)31-19-21-32(22-20-31)36(48)12-10-14-38(50)46(8)28-30-17-25-34(26-18-30)44-40(52)54-42(4,5)6/h15-26H,13-14,27-28H2,1-8H3,(H,43,51)(H,44,52). The normalized spacial score (nSPS) is 10.7. The Hall–Kier alpha value is -6.40. The number of carbonyl (C=O) groups is 6. The molecule has 0 aliphatic rings. The van der Waals surface area contributed by atoms with E-state index in [2.05, 4.69) is 34.3 Å². The molecule has 3 rings (SSSR count). The number of Topliss-reactive ketones (excluding diaryl/α,β-unsaturated/α-hetero) is 2. The van der Waals surface area contributed by atoms with Crippen LogP contribution in [0.4, 0.5) is 21.0 Å². The highest BCUT2D eigenvalue weighted by molar-refractivity contribution is 6.12. The molecule has 282 valence electrons. The Balaban J connectivity index is 1.43. The van der Waals surface area contributed by atoms with Gasteiger partial charge in [0.05, 0.1) is 12.8 Å². The molecular weight excluding hydrogens is 688 g/mol. The topological polar surface area (TPSA) is 151 Å². The molecule has 0 saturated heterocycles. The molecule has 0 heterocycles. The van der Waals surface area contributed by atoms with Crippen LogP contribution in [0.15, 0.2) is 72.8 Å². The van der Waals surface area contributed by atoms with E-state index in [0.29, 0.717) is 24.5 Å². The number of ketones is 2. The summed E-state index contributed by atoms with van der Waals surface area (Å²) >= 11 is 0. The van der Waals surface area contributed by atoms with Gasteiger partial charge in [-0.15, -0.1) is 0 Å². The number of amides is 4. The average molecular weight is 735 g/mol. The summed E-state index contributed by atoms with van der Waals surface area (Å²) in [6.07, 6.45) is -1.46. The van der Waals surface area contributed by atoms with Gasteiger partial charge in [0, 0.05) is 49.7 Å². The van der Waals surface area contributed by atoms with Crippen molar-refractivity contribution in [3.63, 3.8) is 0 Å². The number of benzene rings is 3. The fourth-order valence-corrected chi connectivity index (χ4v) is 4.54. The highest BCUT2D eigenvalue weighted by Gasteiger charge is 2.18. The lowest BCUT2D eigenvalue weighted by atomic mass is 10.1. The van der Waals surface area contributed by atoms with Crippen molar-refractivity contribution in [3.05, 3.63) is 95.1 Å². The largest absolute Gasteiger partial charge is 0.444 e. The highest BCUT2D eigenvalue weighted by atomic mass is 16.6. The molecule has 4 amide bonds. The summed E-state index contributed by atoms with van der Waals surface area (Å²) < 4.78 is 10.5. The molecule has 54 heavy (non-hydrogen) atoms. The van der Waals surface area contributed by atoms with Crippen LogP contribution < -0.4 is 10.6 Å². The van der Waals surface area contributed by atoms with Crippen molar-refractivity contribution in [2.75, 3.05) is 24.7 Å². The quantitative estimate of drug-likeness (QED) is 0.130. The van der Waals surface area contributed by atoms with Gasteiger partial charge >= 0.3 is 12.2 Å². The van der Waals surface area contributed by atoms with Crippen LogP contribution in [0.5, 0.6) is 0 Å². The zero-order chi connectivity index (χ0) is 40.1. The third kappa shape index (κ3) is 15.1. The van der Waals surface area contributed by atoms with E-state index in [1.807, 2.05) is 0 Å². The molecule has 12 heteroatoms. The number of nitrogens with zero attached hydrogens (tertiary/aromatic N) is 2. The predicted molar refractivity (Wildman–Crippen MR) is 205 cm³/mol. The molecule has 0 aliphatic carbocycles. The fourth-order valence-electron chi connectivity index (χ4n) is 4.54. The third-order valence-corrected chi connectivity index (χ3v) is 7.18. The Morgan fingerprint density at radius 2 is 0.852 bits per heavy atom. The van der Waals surface area contributed by atoms with Crippen LogP contribution in [0.25, 0.3) is 0 Å². The van der Waals surface area contributed by atoms with Gasteiger partial charge in [-0.05, 0) is 113 Å². The summed E-state index contributed by atoms with van der Waals surface area (Å²) in [5.74, 6) is 8.59. The van der Waals surface area contributed by atoms with E-state index in [1.54, 1.807) is 104 Å². The number of nitrogens with one attached hydrogen (secondary N) is 2. The number of ether oxygens (including phenoxy) is 2. The second-order valence-corrected chi connectivity index (χ2v) is 14.3. The maximum atomic E-state index is 12.6. The molecule has 0 aromatic heterocycles. The van der Waals surface area contributed by atoms with Gasteiger partial charge in [-0.1, -0.05) is 36.1 Å². The monoisotopic (exact) mass is 734 g/mol. The first-order valence-electron chi connectivity index (χ1n) is 17.1. The zero-order valence-corrected chi connectivity index (χ0v) is 31.9. The number of anilines is 2. The molecule has 0 unspecified atom stereocenters. The van der Waals surface area contributed by atoms with E-state index in [-0.39, 0.29) is 35.8 Å². The lowest BCUT2D eigenvalue weighted by Gasteiger charge is -2.20. The molecule has 0 spiro atoms. The second kappa shape index (κ2) is 18.9. The van der Waals surface area contributed by atoms with Gasteiger partial charge in [0.25, 0.3) is 0 Å². The molecule has 12 nitrogen and oxygen atoms in total. The maximum Gasteiger partial charge on any atom is 0.412 e. The summed E-state index contributed by atoms with van der Waals surface area (Å²) in [6.45, 7) is 11.3. The van der Waals surface area contributed by atoms with Crippen LogP contribution >= 0.6 is 0 Å². The summed E-state index contributed by atoms with van der Waals surface area (Å²) in [5, 5.41) is 5.31. The van der Waals surface area contributed by atoms with Crippen LogP contribution in [-0.4, -0.2) is 70.7 Å². The third-order valence-electron chi connectivity index (χ3n) is 7.18. The molecule has 0 radical (unpaired) electrons. The van der Waals surface area contributed by atoms with Crippen molar-refractivity contribution < 1.29 is 38.2 Å². The summed E-state index contributed by atoms with van der Waals surface area (Å²) in [5.41, 5.74) is 2.04. The fraction of sp³-hybridized carbons (Fsp3) is 0.333. The summed E-state index contributed by atoms with van der Waals surface area (Å²) in [6, 6.07) is 19.8. The van der Waals surface area contributed by atoms with E-state index in [0.717, 1.165) is 11.1 Å². The molecule has 0 atom stereocenters. The number of hydrogen-bond donors (Lipinski definition) is 2.